The largest absolute Gasteiger partial charge is 0.485 e. The molecule has 0 unspecified atom stereocenters. The molecule has 0 amide bonds. The Morgan fingerprint density at radius 2 is 1.43 bits per heavy atom. The van der Waals surface area contributed by atoms with E-state index in [9.17, 15) is 13.2 Å². The summed E-state index contributed by atoms with van der Waals surface area (Å²) in [7, 11) is 0. The number of benzene rings is 3. The molecule has 0 saturated carbocycles. The van der Waals surface area contributed by atoms with Gasteiger partial charge in [0.1, 0.15) is 18.1 Å². The van der Waals surface area contributed by atoms with Crippen molar-refractivity contribution in [1.82, 2.24) is 9.38 Å². The lowest BCUT2D eigenvalue weighted by atomic mass is 10.1. The third kappa shape index (κ3) is 4.99. The Morgan fingerprint density at radius 1 is 0.771 bits per heavy atom. The van der Waals surface area contributed by atoms with Crippen molar-refractivity contribution in [2.75, 3.05) is 5.32 Å². The summed E-state index contributed by atoms with van der Waals surface area (Å²) in [5.74, 6) is 1.26. The van der Waals surface area contributed by atoms with E-state index in [-0.39, 0.29) is 0 Å². The molecular formula is C28H22F3N3O. The summed E-state index contributed by atoms with van der Waals surface area (Å²) >= 11 is 0. The average molecular weight is 473 g/mol. The Balaban J connectivity index is 1.54. The molecule has 0 atom stereocenters. The van der Waals surface area contributed by atoms with Crippen LogP contribution in [-0.2, 0) is 19.3 Å². The van der Waals surface area contributed by atoms with Crippen LogP contribution in [0.25, 0.3) is 16.9 Å². The normalized spacial score (nSPS) is 11.5. The fraction of sp³-hybridized carbons (Fsp3) is 0.107. The molecule has 4 nitrogen and oxygen atoms in total. The summed E-state index contributed by atoms with van der Waals surface area (Å²) in [5.41, 5.74) is 3.09. The molecule has 35 heavy (non-hydrogen) atoms. The average Bonchev–Trinajstić information content (AvgIpc) is 3.26. The van der Waals surface area contributed by atoms with E-state index in [1.165, 1.54) is 12.1 Å². The molecule has 2 heterocycles. The Labute approximate surface area is 200 Å². The summed E-state index contributed by atoms with van der Waals surface area (Å²) in [5, 5.41) is 3.42. The minimum atomic E-state index is -4.40. The van der Waals surface area contributed by atoms with Gasteiger partial charge < -0.3 is 10.1 Å². The molecule has 0 fully saturated rings. The highest BCUT2D eigenvalue weighted by atomic mass is 19.4. The van der Waals surface area contributed by atoms with E-state index in [0.717, 1.165) is 23.3 Å². The maximum absolute atomic E-state index is 13.1. The third-order valence-corrected chi connectivity index (χ3v) is 5.64. The first-order chi connectivity index (χ1) is 17.0. The lowest BCUT2D eigenvalue weighted by molar-refractivity contribution is -0.137. The molecule has 5 rings (SSSR count). The van der Waals surface area contributed by atoms with Crippen molar-refractivity contribution >= 4 is 11.5 Å². The van der Waals surface area contributed by atoms with Gasteiger partial charge in [0.25, 0.3) is 0 Å². The van der Waals surface area contributed by atoms with E-state index >= 15 is 0 Å². The number of nitrogens with one attached hydrogen (secondary N) is 1. The maximum atomic E-state index is 13.1. The number of nitrogens with zero attached hydrogens (tertiary/aromatic N) is 2. The molecule has 0 aliphatic rings. The molecule has 0 aliphatic carbocycles. The Kier molecular flexibility index (Phi) is 6.14. The number of alkyl halides is 3. The van der Waals surface area contributed by atoms with Gasteiger partial charge in [0.15, 0.2) is 11.4 Å². The van der Waals surface area contributed by atoms with Crippen LogP contribution in [0.2, 0.25) is 0 Å². The second kappa shape index (κ2) is 9.54. The van der Waals surface area contributed by atoms with E-state index in [0.29, 0.717) is 41.6 Å². The van der Waals surface area contributed by atoms with Crippen molar-refractivity contribution in [2.45, 2.75) is 19.3 Å². The van der Waals surface area contributed by atoms with Gasteiger partial charge in [-0.25, -0.2) is 4.98 Å². The highest BCUT2D eigenvalue weighted by molar-refractivity contribution is 5.78. The SMILES string of the molecule is FC(F)(F)c1ccc(-c2nc3c(OCc4ccccc4)cccn3c2NCc2ccccc2)cc1. The molecule has 0 aliphatic heterocycles. The summed E-state index contributed by atoms with van der Waals surface area (Å²) in [6.07, 6.45) is -2.54. The third-order valence-electron chi connectivity index (χ3n) is 5.64. The fourth-order valence-corrected chi connectivity index (χ4v) is 3.86. The molecule has 2 aromatic heterocycles. The first-order valence-electron chi connectivity index (χ1n) is 11.1. The van der Waals surface area contributed by atoms with Crippen molar-refractivity contribution in [3.63, 3.8) is 0 Å². The van der Waals surface area contributed by atoms with Crippen molar-refractivity contribution < 1.29 is 17.9 Å². The summed E-state index contributed by atoms with van der Waals surface area (Å²) in [6, 6.07) is 28.4. The topological polar surface area (TPSA) is 38.6 Å². The molecule has 3 aromatic carbocycles. The number of ether oxygens (including phenoxy) is 1. The lowest BCUT2D eigenvalue weighted by Gasteiger charge is -2.11. The minimum absolute atomic E-state index is 0.371. The van der Waals surface area contributed by atoms with Crippen LogP contribution in [0, 0.1) is 0 Å². The van der Waals surface area contributed by atoms with Crippen LogP contribution in [0.4, 0.5) is 19.0 Å². The van der Waals surface area contributed by atoms with Crippen LogP contribution in [0.5, 0.6) is 5.75 Å². The standard InChI is InChI=1S/C28H22F3N3O/c29-28(30,31)23-15-13-22(14-16-23)25-27(32-18-20-8-3-1-4-9-20)34-17-7-12-24(26(34)33-25)35-19-21-10-5-2-6-11-21/h1-17,32H,18-19H2. The van der Waals surface area contributed by atoms with Gasteiger partial charge in [0, 0.05) is 18.3 Å². The summed E-state index contributed by atoms with van der Waals surface area (Å²) in [4.78, 5) is 4.79. The molecule has 0 bridgehead atoms. The Bertz CT molecular complexity index is 1410. The van der Waals surface area contributed by atoms with Gasteiger partial charge in [0.05, 0.1) is 5.56 Å². The number of fused-ring (bicyclic) bond motifs is 1. The zero-order chi connectivity index (χ0) is 24.3. The molecule has 7 heteroatoms. The fourth-order valence-electron chi connectivity index (χ4n) is 3.86. The van der Waals surface area contributed by atoms with E-state index in [1.807, 2.05) is 83.4 Å². The number of rotatable bonds is 7. The molecule has 0 radical (unpaired) electrons. The summed E-state index contributed by atoms with van der Waals surface area (Å²) in [6.45, 7) is 0.896. The smallest absolute Gasteiger partial charge is 0.416 e. The Hall–Kier alpha value is -4.26. The van der Waals surface area contributed by atoms with Crippen LogP contribution in [0.3, 0.4) is 0 Å². The van der Waals surface area contributed by atoms with Crippen molar-refractivity contribution in [2.24, 2.45) is 0 Å². The van der Waals surface area contributed by atoms with Crippen LogP contribution in [0.15, 0.2) is 103 Å². The number of imidazole rings is 1. The van der Waals surface area contributed by atoms with Crippen LogP contribution in [0.1, 0.15) is 16.7 Å². The molecule has 0 saturated heterocycles. The lowest BCUT2D eigenvalue weighted by Crippen LogP contribution is -2.05. The van der Waals surface area contributed by atoms with E-state index in [1.54, 1.807) is 0 Å². The molecule has 0 spiro atoms. The van der Waals surface area contributed by atoms with Crippen molar-refractivity contribution in [1.29, 1.82) is 0 Å². The first-order valence-corrected chi connectivity index (χ1v) is 11.1. The molecular weight excluding hydrogens is 451 g/mol. The number of halogens is 3. The van der Waals surface area contributed by atoms with E-state index in [2.05, 4.69) is 5.32 Å². The van der Waals surface area contributed by atoms with Gasteiger partial charge in [0.2, 0.25) is 0 Å². The van der Waals surface area contributed by atoms with Crippen LogP contribution >= 0.6 is 0 Å². The number of hydrogen-bond acceptors (Lipinski definition) is 3. The number of hydrogen-bond donors (Lipinski definition) is 1. The predicted octanol–water partition coefficient (Wildman–Crippen LogP) is 7.21. The van der Waals surface area contributed by atoms with Crippen molar-refractivity contribution in [3.8, 4) is 17.0 Å². The minimum Gasteiger partial charge on any atom is -0.485 e. The zero-order valence-electron chi connectivity index (χ0n) is 18.7. The number of pyridine rings is 1. The Morgan fingerprint density at radius 3 is 2.09 bits per heavy atom. The zero-order valence-corrected chi connectivity index (χ0v) is 18.7. The van der Waals surface area contributed by atoms with Gasteiger partial charge in [-0.15, -0.1) is 0 Å². The van der Waals surface area contributed by atoms with Gasteiger partial charge in [-0.05, 0) is 35.4 Å². The summed E-state index contributed by atoms with van der Waals surface area (Å²) < 4.78 is 47.3. The number of anilines is 1. The van der Waals surface area contributed by atoms with E-state index < -0.39 is 11.7 Å². The molecule has 176 valence electrons. The highest BCUT2D eigenvalue weighted by Gasteiger charge is 2.30. The number of aromatic nitrogens is 2. The van der Waals surface area contributed by atoms with Gasteiger partial charge in [-0.1, -0.05) is 72.8 Å². The quantitative estimate of drug-likeness (QED) is 0.271. The van der Waals surface area contributed by atoms with Gasteiger partial charge in [-0.2, -0.15) is 13.2 Å². The molecule has 1 N–H and O–H groups in total. The van der Waals surface area contributed by atoms with E-state index in [4.69, 9.17) is 9.72 Å². The van der Waals surface area contributed by atoms with Gasteiger partial charge in [-0.3, -0.25) is 4.40 Å². The van der Waals surface area contributed by atoms with Gasteiger partial charge >= 0.3 is 6.18 Å². The second-order valence-corrected chi connectivity index (χ2v) is 8.06. The first kappa shape index (κ1) is 22.5. The monoisotopic (exact) mass is 473 g/mol. The second-order valence-electron chi connectivity index (χ2n) is 8.06. The maximum Gasteiger partial charge on any atom is 0.416 e. The van der Waals surface area contributed by atoms with Crippen LogP contribution in [-0.4, -0.2) is 9.38 Å². The van der Waals surface area contributed by atoms with Crippen molar-refractivity contribution in [3.05, 3.63) is 120 Å². The molecule has 5 aromatic rings. The highest BCUT2D eigenvalue weighted by Crippen LogP contribution is 2.35. The predicted molar refractivity (Wildman–Crippen MR) is 130 cm³/mol. The van der Waals surface area contributed by atoms with Crippen LogP contribution < -0.4 is 10.1 Å².